The number of methoxy groups -OCH3 is 1. The molecule has 0 radical (unpaired) electrons. The van der Waals surface area contributed by atoms with Gasteiger partial charge in [-0.3, -0.25) is 9.79 Å². The number of nitrogens with zero attached hydrogens (tertiary/aromatic N) is 3. The molecule has 6 nitrogen and oxygen atoms in total. The van der Waals surface area contributed by atoms with Gasteiger partial charge in [-0.15, -0.1) is 0 Å². The summed E-state index contributed by atoms with van der Waals surface area (Å²) in [7, 11) is 1.67. The van der Waals surface area contributed by atoms with Gasteiger partial charge >= 0.3 is 0 Å². The Bertz CT molecular complexity index is 1280. The van der Waals surface area contributed by atoms with Crippen molar-refractivity contribution in [1.82, 2.24) is 14.9 Å². The molecule has 1 aliphatic heterocycles. The van der Waals surface area contributed by atoms with Crippen molar-refractivity contribution in [3.05, 3.63) is 94.1 Å². The van der Waals surface area contributed by atoms with Crippen molar-refractivity contribution in [2.45, 2.75) is 18.1 Å². The fraction of sp³-hybridized carbons (Fsp3) is 0.269. The number of rotatable bonds is 7. The molecule has 0 spiro atoms. The summed E-state index contributed by atoms with van der Waals surface area (Å²) in [6.07, 6.45) is 14.3. The van der Waals surface area contributed by atoms with Crippen LogP contribution in [0.25, 0.3) is 5.52 Å². The van der Waals surface area contributed by atoms with Crippen molar-refractivity contribution in [2.24, 2.45) is 16.8 Å². The smallest absolute Gasteiger partial charge is 0.192 e. The van der Waals surface area contributed by atoms with E-state index in [9.17, 15) is 4.79 Å². The van der Waals surface area contributed by atoms with Crippen LogP contribution in [0, 0.1) is 11.8 Å². The highest BCUT2D eigenvalue weighted by Crippen LogP contribution is 2.58. The molecule has 33 heavy (non-hydrogen) atoms. The number of nitrogens with one attached hydrogen (secondary N) is 1. The monoisotopic (exact) mass is 456 g/mol. The largest absolute Gasteiger partial charge is 0.375 e. The van der Waals surface area contributed by atoms with Gasteiger partial charge in [0, 0.05) is 30.5 Å². The number of dihydropyridines is 1. The maximum Gasteiger partial charge on any atom is 0.192 e. The predicted molar refractivity (Wildman–Crippen MR) is 130 cm³/mol. The molecule has 7 heteroatoms. The van der Waals surface area contributed by atoms with Gasteiger partial charge in [-0.1, -0.05) is 30.4 Å². The minimum Gasteiger partial charge on any atom is -0.375 e. The Kier molecular flexibility index (Phi) is 5.08. The van der Waals surface area contributed by atoms with Crippen LogP contribution in [0.4, 0.5) is 0 Å². The van der Waals surface area contributed by atoms with Crippen molar-refractivity contribution in [3.8, 4) is 0 Å². The van der Waals surface area contributed by atoms with Crippen LogP contribution in [0.2, 0.25) is 0 Å². The van der Waals surface area contributed by atoms with Gasteiger partial charge in [-0.25, -0.2) is 4.52 Å². The maximum absolute atomic E-state index is 14.0. The molecule has 0 bridgehead atoms. The number of hydrogen-bond donors (Lipinski definition) is 1. The Morgan fingerprint density at radius 2 is 2.09 bits per heavy atom. The number of fused-ring (bicyclic) bond motifs is 2. The summed E-state index contributed by atoms with van der Waals surface area (Å²) in [6.45, 7) is 0.578. The molecule has 2 aliphatic carbocycles. The zero-order valence-corrected chi connectivity index (χ0v) is 19.0. The van der Waals surface area contributed by atoms with E-state index in [0.29, 0.717) is 30.0 Å². The fourth-order valence-electron chi connectivity index (χ4n) is 4.89. The lowest BCUT2D eigenvalue weighted by Gasteiger charge is -2.21. The van der Waals surface area contributed by atoms with Crippen LogP contribution in [0.3, 0.4) is 0 Å². The quantitative estimate of drug-likeness (QED) is 0.537. The van der Waals surface area contributed by atoms with Crippen LogP contribution in [-0.4, -0.2) is 41.4 Å². The van der Waals surface area contributed by atoms with E-state index in [2.05, 4.69) is 40.0 Å². The zero-order chi connectivity index (χ0) is 22.4. The van der Waals surface area contributed by atoms with Gasteiger partial charge in [-0.2, -0.15) is 16.4 Å². The molecular weight excluding hydrogens is 432 g/mol. The molecule has 3 aromatic heterocycles. The Balaban J connectivity index is 1.37. The molecule has 1 saturated carbocycles. The molecule has 4 unspecified atom stereocenters. The van der Waals surface area contributed by atoms with E-state index >= 15 is 0 Å². The molecule has 6 rings (SSSR count). The molecule has 166 valence electrons. The van der Waals surface area contributed by atoms with Crippen LogP contribution in [0.1, 0.15) is 33.6 Å². The highest BCUT2D eigenvalue weighted by atomic mass is 32.1. The number of ether oxygens (including phenoxy) is 1. The van der Waals surface area contributed by atoms with Crippen LogP contribution in [-0.2, 0) is 4.74 Å². The summed E-state index contributed by atoms with van der Waals surface area (Å²) in [6, 6.07) is 7.23. The summed E-state index contributed by atoms with van der Waals surface area (Å²) in [5.41, 5.74) is 4.33. The standard InChI is InChI=1S/C26H24N4O2S/c1-32-18-10-16(12-27-13-18)28-25(23-11-17-6-4-5-9-30(17)29-23)26(31)22-15-33-14-21(22)24-19-7-2-3-8-20(19)24/h2-12,14-15,18-20,24-25,28H,13H2,1H3. The third-order valence-corrected chi connectivity index (χ3v) is 7.43. The molecule has 4 atom stereocenters. The van der Waals surface area contributed by atoms with E-state index in [1.807, 2.05) is 41.9 Å². The molecule has 1 fully saturated rings. The number of carbonyl (C=O) groups is 1. The second-order valence-electron chi connectivity index (χ2n) is 8.66. The van der Waals surface area contributed by atoms with E-state index < -0.39 is 6.04 Å². The number of Topliss-reactive ketones (excluding diaryl/α,β-unsaturated/α-hetero) is 1. The predicted octanol–water partition coefficient (Wildman–Crippen LogP) is 4.35. The van der Waals surface area contributed by atoms with Crippen LogP contribution in [0.15, 0.2) is 82.3 Å². The number of thiophene rings is 1. The van der Waals surface area contributed by atoms with E-state index in [1.165, 1.54) is 0 Å². The molecule has 3 aliphatic rings. The first-order valence-electron chi connectivity index (χ1n) is 11.1. The van der Waals surface area contributed by atoms with Crippen LogP contribution < -0.4 is 5.32 Å². The lowest BCUT2D eigenvalue weighted by Crippen LogP contribution is -2.32. The number of aromatic nitrogens is 2. The molecule has 0 amide bonds. The van der Waals surface area contributed by atoms with Gasteiger partial charge in [0.05, 0.1) is 29.6 Å². The molecule has 3 aromatic rings. The maximum atomic E-state index is 14.0. The minimum absolute atomic E-state index is 0.0279. The van der Waals surface area contributed by atoms with Crippen molar-refractivity contribution >= 4 is 28.9 Å². The van der Waals surface area contributed by atoms with Gasteiger partial charge in [0.1, 0.15) is 6.04 Å². The average Bonchev–Trinajstić information content (AvgIpc) is 3.18. The van der Waals surface area contributed by atoms with E-state index in [0.717, 1.165) is 22.3 Å². The highest BCUT2D eigenvalue weighted by molar-refractivity contribution is 7.08. The summed E-state index contributed by atoms with van der Waals surface area (Å²) in [5.74, 6) is 1.39. The average molecular weight is 457 g/mol. The van der Waals surface area contributed by atoms with E-state index in [4.69, 9.17) is 9.84 Å². The summed E-state index contributed by atoms with van der Waals surface area (Å²) >= 11 is 1.59. The number of hydrogen-bond acceptors (Lipinski definition) is 6. The Morgan fingerprint density at radius 1 is 1.24 bits per heavy atom. The van der Waals surface area contributed by atoms with Crippen molar-refractivity contribution < 1.29 is 9.53 Å². The van der Waals surface area contributed by atoms with E-state index in [-0.39, 0.29) is 11.9 Å². The Morgan fingerprint density at radius 3 is 2.88 bits per heavy atom. The van der Waals surface area contributed by atoms with E-state index in [1.54, 1.807) is 29.2 Å². The van der Waals surface area contributed by atoms with Crippen LogP contribution in [0.5, 0.6) is 0 Å². The third kappa shape index (κ3) is 3.67. The number of pyridine rings is 1. The minimum atomic E-state index is -0.626. The Hall–Kier alpha value is -3.29. The van der Waals surface area contributed by atoms with Gasteiger partial charge in [0.15, 0.2) is 5.78 Å². The zero-order valence-electron chi connectivity index (χ0n) is 18.2. The SMILES string of the molecule is COC1C=C(NC(C(=O)c2cscc2C2C3C=CC=CC32)c2cc3ccccn3n2)C=NC1. The van der Waals surface area contributed by atoms with Crippen molar-refractivity contribution in [2.75, 3.05) is 13.7 Å². The summed E-state index contributed by atoms with van der Waals surface area (Å²) in [4.78, 5) is 18.4. The second-order valence-corrected chi connectivity index (χ2v) is 9.41. The number of carbonyl (C=O) groups excluding carboxylic acids is 1. The van der Waals surface area contributed by atoms with Gasteiger partial charge in [-0.05, 0) is 53.0 Å². The molecular formula is C26H24N4O2S. The molecule has 0 aromatic carbocycles. The summed E-state index contributed by atoms with van der Waals surface area (Å²) in [5, 5.41) is 12.3. The van der Waals surface area contributed by atoms with Crippen molar-refractivity contribution in [1.29, 1.82) is 0 Å². The first-order valence-corrected chi connectivity index (χ1v) is 12.1. The van der Waals surface area contributed by atoms with Gasteiger partial charge in [0.25, 0.3) is 0 Å². The second kappa shape index (κ2) is 8.24. The lowest BCUT2D eigenvalue weighted by molar-refractivity contribution is 0.0945. The van der Waals surface area contributed by atoms with Crippen LogP contribution >= 0.6 is 11.3 Å². The number of allylic oxidation sites excluding steroid dienone is 5. The first kappa shape index (κ1) is 20.3. The first-order chi connectivity index (χ1) is 16.2. The van der Waals surface area contributed by atoms with Gasteiger partial charge in [0.2, 0.25) is 0 Å². The normalized spacial score (nSPS) is 26.2. The number of ketones is 1. The van der Waals surface area contributed by atoms with Gasteiger partial charge < -0.3 is 10.1 Å². The molecule has 4 heterocycles. The lowest BCUT2D eigenvalue weighted by atomic mass is 9.97. The highest BCUT2D eigenvalue weighted by Gasteiger charge is 2.50. The molecule has 0 saturated heterocycles. The fourth-order valence-corrected chi connectivity index (χ4v) is 5.78. The Labute approximate surface area is 196 Å². The molecule has 1 N–H and O–H groups in total. The third-order valence-electron chi connectivity index (χ3n) is 6.67. The topological polar surface area (TPSA) is 68.0 Å². The summed E-state index contributed by atoms with van der Waals surface area (Å²) < 4.78 is 7.26. The van der Waals surface area contributed by atoms with Crippen molar-refractivity contribution in [3.63, 3.8) is 0 Å². The number of aliphatic imine (C=N–C) groups is 1.